The lowest BCUT2D eigenvalue weighted by Gasteiger charge is -2.26. The van der Waals surface area contributed by atoms with Gasteiger partial charge in [0.25, 0.3) is 5.91 Å². The van der Waals surface area contributed by atoms with Crippen LogP contribution < -0.4 is 0 Å². The van der Waals surface area contributed by atoms with Crippen LogP contribution in [0.15, 0.2) is 36.7 Å². The number of amides is 1. The first kappa shape index (κ1) is 12.2. The number of hydrogen-bond acceptors (Lipinski definition) is 2. The molecular formula is C16H16N4O. The molecule has 3 heterocycles. The number of aryl methyl sites for hydroxylation is 1. The largest absolute Gasteiger partial charge is 0.347 e. The molecule has 106 valence electrons. The van der Waals surface area contributed by atoms with Crippen molar-refractivity contribution < 1.29 is 4.79 Å². The number of para-hydroxylation sites is 1. The van der Waals surface area contributed by atoms with Crippen LogP contribution in [0.1, 0.15) is 21.9 Å². The fraction of sp³-hybridized carbons (Fsp3) is 0.250. The van der Waals surface area contributed by atoms with Crippen LogP contribution in [0.3, 0.4) is 0 Å². The average Bonchev–Trinajstić information content (AvgIpc) is 3.11. The highest BCUT2D eigenvalue weighted by atomic mass is 16.2. The van der Waals surface area contributed by atoms with E-state index in [1.807, 2.05) is 46.8 Å². The van der Waals surface area contributed by atoms with Gasteiger partial charge < -0.3 is 14.5 Å². The van der Waals surface area contributed by atoms with Gasteiger partial charge in [0.2, 0.25) is 0 Å². The molecule has 1 aliphatic rings. The van der Waals surface area contributed by atoms with Crippen molar-refractivity contribution in [2.75, 3.05) is 6.54 Å². The lowest BCUT2D eigenvalue weighted by Crippen LogP contribution is -2.36. The third-order valence-corrected chi connectivity index (χ3v) is 4.23. The minimum Gasteiger partial charge on any atom is -0.347 e. The number of hydrogen-bond donors (Lipinski definition) is 1. The molecule has 0 saturated heterocycles. The normalized spacial score (nSPS) is 14.4. The standard InChI is InChI=1S/C16H16N4O/c1-19-14-5-3-2-4-11(14)8-15(19)16(21)20-7-6-12-13(9-20)18-10-17-12/h2-5,8,10H,6-7,9H2,1H3,(H,17,18). The lowest BCUT2D eigenvalue weighted by molar-refractivity contribution is 0.0722. The summed E-state index contributed by atoms with van der Waals surface area (Å²) in [6, 6.07) is 10.0. The zero-order valence-corrected chi connectivity index (χ0v) is 11.8. The zero-order valence-electron chi connectivity index (χ0n) is 11.8. The molecule has 0 bridgehead atoms. The van der Waals surface area contributed by atoms with Crippen LogP contribution in [0.25, 0.3) is 10.9 Å². The first-order valence-electron chi connectivity index (χ1n) is 7.09. The van der Waals surface area contributed by atoms with Crippen LogP contribution in [-0.4, -0.2) is 31.9 Å². The van der Waals surface area contributed by atoms with E-state index in [1.54, 1.807) is 6.33 Å². The van der Waals surface area contributed by atoms with E-state index in [0.29, 0.717) is 6.54 Å². The highest BCUT2D eigenvalue weighted by Gasteiger charge is 2.25. The second-order valence-corrected chi connectivity index (χ2v) is 5.45. The number of nitrogens with one attached hydrogen (secondary N) is 1. The van der Waals surface area contributed by atoms with Gasteiger partial charge in [-0.15, -0.1) is 0 Å². The molecule has 0 aliphatic carbocycles. The summed E-state index contributed by atoms with van der Waals surface area (Å²) in [5, 5.41) is 1.10. The Morgan fingerprint density at radius 3 is 3.05 bits per heavy atom. The van der Waals surface area contributed by atoms with Gasteiger partial charge in [0.05, 0.1) is 24.3 Å². The topological polar surface area (TPSA) is 53.9 Å². The molecule has 0 fully saturated rings. The molecule has 5 nitrogen and oxygen atoms in total. The third-order valence-electron chi connectivity index (χ3n) is 4.23. The molecule has 0 saturated carbocycles. The fourth-order valence-corrected chi connectivity index (χ4v) is 3.04. The second kappa shape index (κ2) is 4.48. The summed E-state index contributed by atoms with van der Waals surface area (Å²) in [6.07, 6.45) is 2.52. The molecule has 21 heavy (non-hydrogen) atoms. The van der Waals surface area contributed by atoms with E-state index in [0.717, 1.165) is 41.0 Å². The summed E-state index contributed by atoms with van der Waals surface area (Å²) in [5.74, 6) is 0.0777. The summed E-state index contributed by atoms with van der Waals surface area (Å²) in [7, 11) is 1.95. The third kappa shape index (κ3) is 1.85. The number of carbonyl (C=O) groups is 1. The molecular weight excluding hydrogens is 264 g/mol. The summed E-state index contributed by atoms with van der Waals surface area (Å²) < 4.78 is 1.97. The summed E-state index contributed by atoms with van der Waals surface area (Å²) in [6.45, 7) is 1.33. The Balaban J connectivity index is 1.69. The molecule has 1 aliphatic heterocycles. The predicted octanol–water partition coefficient (Wildman–Crippen LogP) is 2.10. The molecule has 2 aromatic heterocycles. The SMILES string of the molecule is Cn1c(C(=O)N2CCc3nc[nH]c3C2)cc2ccccc21. The molecule has 0 spiro atoms. The van der Waals surface area contributed by atoms with E-state index < -0.39 is 0 Å². The van der Waals surface area contributed by atoms with Gasteiger partial charge in [-0.1, -0.05) is 18.2 Å². The summed E-state index contributed by atoms with van der Waals surface area (Å²) in [4.78, 5) is 22.1. The number of aromatic nitrogens is 3. The van der Waals surface area contributed by atoms with E-state index in [2.05, 4.69) is 9.97 Å². The summed E-state index contributed by atoms with van der Waals surface area (Å²) in [5.41, 5.74) is 3.95. The molecule has 1 aromatic carbocycles. The fourth-order valence-electron chi connectivity index (χ4n) is 3.04. The number of aromatic amines is 1. The molecule has 1 amide bonds. The van der Waals surface area contributed by atoms with Crippen molar-refractivity contribution in [3.8, 4) is 0 Å². The number of H-pyrrole nitrogens is 1. The van der Waals surface area contributed by atoms with Crippen molar-refractivity contribution in [2.45, 2.75) is 13.0 Å². The van der Waals surface area contributed by atoms with Gasteiger partial charge in [-0.25, -0.2) is 4.98 Å². The van der Waals surface area contributed by atoms with Crippen LogP contribution >= 0.6 is 0 Å². The summed E-state index contributed by atoms with van der Waals surface area (Å²) >= 11 is 0. The van der Waals surface area contributed by atoms with E-state index >= 15 is 0 Å². The van der Waals surface area contributed by atoms with Crippen LogP contribution in [0.5, 0.6) is 0 Å². The number of carbonyl (C=O) groups excluding carboxylic acids is 1. The Morgan fingerprint density at radius 2 is 2.19 bits per heavy atom. The Kier molecular flexibility index (Phi) is 2.60. The van der Waals surface area contributed by atoms with Gasteiger partial charge in [-0.3, -0.25) is 4.79 Å². The van der Waals surface area contributed by atoms with Crippen molar-refractivity contribution in [3.63, 3.8) is 0 Å². The number of fused-ring (bicyclic) bond motifs is 2. The lowest BCUT2D eigenvalue weighted by atomic mass is 10.1. The van der Waals surface area contributed by atoms with Crippen molar-refractivity contribution in [3.05, 3.63) is 53.7 Å². The Morgan fingerprint density at radius 1 is 1.33 bits per heavy atom. The van der Waals surface area contributed by atoms with Gasteiger partial charge in [0.1, 0.15) is 5.69 Å². The zero-order chi connectivity index (χ0) is 14.4. The number of nitrogens with zero attached hydrogens (tertiary/aromatic N) is 3. The molecule has 0 atom stereocenters. The molecule has 1 N–H and O–H groups in total. The highest BCUT2D eigenvalue weighted by Crippen LogP contribution is 2.22. The first-order chi connectivity index (χ1) is 10.2. The molecule has 0 unspecified atom stereocenters. The molecule has 4 rings (SSSR count). The number of benzene rings is 1. The molecule has 5 heteroatoms. The predicted molar refractivity (Wildman–Crippen MR) is 80.0 cm³/mol. The molecule has 0 radical (unpaired) electrons. The van der Waals surface area contributed by atoms with Crippen molar-refractivity contribution >= 4 is 16.8 Å². The van der Waals surface area contributed by atoms with Gasteiger partial charge in [0.15, 0.2) is 0 Å². The van der Waals surface area contributed by atoms with E-state index in [4.69, 9.17) is 0 Å². The maximum Gasteiger partial charge on any atom is 0.270 e. The van der Waals surface area contributed by atoms with Gasteiger partial charge >= 0.3 is 0 Å². The quantitative estimate of drug-likeness (QED) is 0.742. The Bertz CT molecular complexity index is 830. The van der Waals surface area contributed by atoms with Crippen LogP contribution in [0, 0.1) is 0 Å². The average molecular weight is 280 g/mol. The van der Waals surface area contributed by atoms with Crippen LogP contribution in [0.4, 0.5) is 0 Å². The van der Waals surface area contributed by atoms with E-state index in [9.17, 15) is 4.79 Å². The monoisotopic (exact) mass is 280 g/mol. The van der Waals surface area contributed by atoms with E-state index in [1.165, 1.54) is 0 Å². The Hall–Kier alpha value is -2.56. The number of rotatable bonds is 1. The highest BCUT2D eigenvalue weighted by molar-refractivity contribution is 5.98. The molecule has 3 aromatic rings. The number of imidazole rings is 1. The van der Waals surface area contributed by atoms with Crippen molar-refractivity contribution in [1.29, 1.82) is 0 Å². The van der Waals surface area contributed by atoms with Crippen LogP contribution in [0.2, 0.25) is 0 Å². The van der Waals surface area contributed by atoms with Gasteiger partial charge in [0, 0.05) is 30.9 Å². The maximum atomic E-state index is 12.8. The van der Waals surface area contributed by atoms with Gasteiger partial charge in [-0.05, 0) is 12.1 Å². The second-order valence-electron chi connectivity index (χ2n) is 5.45. The minimum absolute atomic E-state index is 0.0777. The van der Waals surface area contributed by atoms with Crippen molar-refractivity contribution in [1.82, 2.24) is 19.4 Å². The van der Waals surface area contributed by atoms with E-state index in [-0.39, 0.29) is 5.91 Å². The Labute approximate surface area is 122 Å². The van der Waals surface area contributed by atoms with Crippen molar-refractivity contribution in [2.24, 2.45) is 7.05 Å². The minimum atomic E-state index is 0.0777. The van der Waals surface area contributed by atoms with Gasteiger partial charge in [-0.2, -0.15) is 0 Å². The van der Waals surface area contributed by atoms with Crippen LogP contribution in [-0.2, 0) is 20.0 Å². The smallest absolute Gasteiger partial charge is 0.270 e. The first-order valence-corrected chi connectivity index (χ1v) is 7.09. The maximum absolute atomic E-state index is 12.8.